The number of rotatable bonds is 12. The van der Waals surface area contributed by atoms with E-state index < -0.39 is 71.2 Å². The lowest BCUT2D eigenvalue weighted by Crippen LogP contribution is -2.54. The number of anilines is 1. The average Bonchev–Trinajstić information content (AvgIpc) is 4.01. The molecule has 15 nitrogen and oxygen atoms in total. The van der Waals surface area contributed by atoms with Gasteiger partial charge in [0, 0.05) is 17.7 Å². The molecule has 6 aromatic rings. The Balaban J connectivity index is 1.26. The molecule has 6 atom stereocenters. The van der Waals surface area contributed by atoms with Crippen molar-refractivity contribution in [3.05, 3.63) is 161 Å². The van der Waals surface area contributed by atoms with Crippen molar-refractivity contribution in [2.24, 2.45) is 11.8 Å². The summed E-state index contributed by atoms with van der Waals surface area (Å²) >= 11 is 0. The van der Waals surface area contributed by atoms with Crippen molar-refractivity contribution in [3.63, 3.8) is 0 Å². The van der Waals surface area contributed by atoms with E-state index in [1.807, 2.05) is 89.8 Å². The molecule has 1 aromatic heterocycles. The van der Waals surface area contributed by atoms with Crippen LogP contribution in [0.15, 0.2) is 127 Å². The van der Waals surface area contributed by atoms with Gasteiger partial charge < -0.3 is 39.7 Å². The topological polar surface area (TPSA) is 198 Å². The smallest absolute Gasteiger partial charge is 0.324 e. The summed E-state index contributed by atoms with van der Waals surface area (Å²) in [6.45, 7) is -0.210. The van der Waals surface area contributed by atoms with Gasteiger partial charge in [-0.1, -0.05) is 96.8 Å². The summed E-state index contributed by atoms with van der Waals surface area (Å²) in [5.41, 5.74) is 2.92. The summed E-state index contributed by atoms with van der Waals surface area (Å²) in [6, 6.07) is 35.4. The van der Waals surface area contributed by atoms with Crippen molar-refractivity contribution >= 4 is 46.4 Å². The quantitative estimate of drug-likeness (QED) is 0.0542. The minimum absolute atomic E-state index is 0.0503. The first-order valence-electron chi connectivity index (χ1n) is 21.4. The number of aromatic nitrogens is 2. The fourth-order valence-corrected chi connectivity index (χ4v) is 9.75. The summed E-state index contributed by atoms with van der Waals surface area (Å²) in [6.07, 6.45) is -1.10. The standard InChI is InChI=1S/C51H45N5O10/c1-63-47(59)35(48(60)64-2)17-11-12-30-20-25-37-36(28-30)51(50(62)55-37)41(46(58)52-29-40-53-38-18-9-10-19-39(38)54-40)43-49(61)66-44(32-15-7-4-8-16-32)42(31-13-5-3-6-14-31)56(43)45(51)33-21-23-34(24-22-33)65-27-26-57/h3-10,13-16,18-25,28,35,41-45,57H,17,26-27,29H2,1-2H3,(H,52,58)(H,53,54)(H,55,62)/t41-,42-,43-,44+,45+,51-/m0/s1. The van der Waals surface area contributed by atoms with Crippen molar-refractivity contribution in [2.75, 3.05) is 32.8 Å². The van der Waals surface area contributed by atoms with Gasteiger partial charge in [-0.3, -0.25) is 28.9 Å². The number of hydrogen-bond acceptors (Lipinski definition) is 12. The van der Waals surface area contributed by atoms with Gasteiger partial charge in [-0.05, 0) is 64.7 Å². The highest BCUT2D eigenvalue weighted by molar-refractivity contribution is 6.12. The minimum atomic E-state index is -1.83. The maximum atomic E-state index is 15.5. The Bertz CT molecular complexity index is 2830. The van der Waals surface area contributed by atoms with Crippen LogP contribution in [-0.4, -0.2) is 83.2 Å². The third-order valence-electron chi connectivity index (χ3n) is 12.5. The molecule has 334 valence electrons. The van der Waals surface area contributed by atoms with E-state index in [4.69, 9.17) is 18.9 Å². The van der Waals surface area contributed by atoms with E-state index in [-0.39, 0.29) is 26.2 Å². The number of morpholine rings is 1. The lowest BCUT2D eigenvalue weighted by Gasteiger charge is -2.46. The normalized spacial score (nSPS) is 21.8. The number of carbonyl (C=O) groups excluding carboxylic acids is 5. The Hall–Kier alpha value is -7.80. The summed E-state index contributed by atoms with van der Waals surface area (Å²) in [7, 11) is 2.33. The number of aliphatic hydroxyl groups is 1. The number of imidazole rings is 1. The van der Waals surface area contributed by atoms with Crippen molar-refractivity contribution in [1.29, 1.82) is 0 Å². The van der Waals surface area contributed by atoms with Crippen LogP contribution < -0.4 is 15.4 Å². The number of nitrogens with zero attached hydrogens (tertiary/aromatic N) is 2. The molecule has 4 N–H and O–H groups in total. The van der Waals surface area contributed by atoms with E-state index in [0.717, 1.165) is 11.1 Å². The van der Waals surface area contributed by atoms with Crippen LogP contribution in [0, 0.1) is 23.7 Å². The summed E-state index contributed by atoms with van der Waals surface area (Å²) in [5.74, 6) is 0.733. The van der Waals surface area contributed by atoms with E-state index >= 15 is 14.4 Å². The first kappa shape index (κ1) is 43.5. The molecule has 0 radical (unpaired) electrons. The van der Waals surface area contributed by atoms with Crippen molar-refractivity contribution in [1.82, 2.24) is 20.2 Å². The first-order chi connectivity index (χ1) is 32.2. The average molecular weight is 888 g/mol. The molecule has 0 saturated carbocycles. The molecule has 4 heterocycles. The molecule has 15 heteroatoms. The molecule has 2 fully saturated rings. The van der Waals surface area contributed by atoms with Gasteiger partial charge in [-0.25, -0.2) is 4.98 Å². The van der Waals surface area contributed by atoms with Gasteiger partial charge in [0.05, 0.1) is 56.4 Å². The molecular weight excluding hydrogens is 843 g/mol. The molecule has 0 bridgehead atoms. The highest BCUT2D eigenvalue weighted by Crippen LogP contribution is 2.65. The molecule has 9 rings (SSSR count). The molecular formula is C51H45N5O10. The first-order valence-corrected chi connectivity index (χ1v) is 21.4. The van der Waals surface area contributed by atoms with Crippen LogP contribution in [-0.2, 0) is 50.1 Å². The van der Waals surface area contributed by atoms with Crippen molar-refractivity contribution < 1.29 is 48.0 Å². The number of aliphatic hydroxyl groups excluding tert-OH is 1. The molecule has 1 spiro atoms. The van der Waals surface area contributed by atoms with Crippen molar-refractivity contribution in [2.45, 2.75) is 42.6 Å². The van der Waals surface area contributed by atoms with Crippen LogP contribution in [0.2, 0.25) is 0 Å². The fraction of sp³-hybridized carbons (Fsp3) is 0.255. The number of ether oxygens (including phenoxy) is 4. The number of H-pyrrole nitrogens is 1. The summed E-state index contributed by atoms with van der Waals surface area (Å²) < 4.78 is 21.9. The number of carbonyl (C=O) groups is 5. The third-order valence-corrected chi connectivity index (χ3v) is 12.5. The molecule has 5 aromatic carbocycles. The molecule has 0 aliphatic carbocycles. The number of fused-ring (bicyclic) bond motifs is 4. The van der Waals surface area contributed by atoms with Crippen LogP contribution in [0.4, 0.5) is 5.69 Å². The van der Waals surface area contributed by atoms with E-state index in [2.05, 4.69) is 32.4 Å². The maximum absolute atomic E-state index is 15.5. The lowest BCUT2D eigenvalue weighted by molar-refractivity contribution is -0.178. The zero-order chi connectivity index (χ0) is 46.0. The Morgan fingerprint density at radius 3 is 2.21 bits per heavy atom. The molecule has 0 unspecified atom stereocenters. The number of cyclic esters (lactones) is 1. The predicted molar refractivity (Wildman–Crippen MR) is 239 cm³/mol. The van der Waals surface area contributed by atoms with Crippen molar-refractivity contribution in [3.8, 4) is 17.6 Å². The van der Waals surface area contributed by atoms with Gasteiger partial charge in [-0.2, -0.15) is 0 Å². The monoisotopic (exact) mass is 887 g/mol. The largest absolute Gasteiger partial charge is 0.491 e. The maximum Gasteiger partial charge on any atom is 0.324 e. The number of para-hydroxylation sites is 2. The van der Waals surface area contributed by atoms with Gasteiger partial charge in [0.2, 0.25) is 11.8 Å². The summed E-state index contributed by atoms with van der Waals surface area (Å²) in [4.78, 5) is 81.1. The zero-order valence-corrected chi connectivity index (χ0v) is 35.9. The van der Waals surface area contributed by atoms with Gasteiger partial charge in [0.15, 0.2) is 5.92 Å². The second kappa shape index (κ2) is 18.4. The van der Waals surface area contributed by atoms with Crippen LogP contribution in [0.3, 0.4) is 0 Å². The van der Waals surface area contributed by atoms with E-state index in [1.54, 1.807) is 42.5 Å². The zero-order valence-electron chi connectivity index (χ0n) is 35.9. The molecule has 2 amide bonds. The van der Waals surface area contributed by atoms with Crippen LogP contribution >= 0.6 is 0 Å². The van der Waals surface area contributed by atoms with E-state index in [0.29, 0.717) is 45.0 Å². The Morgan fingerprint density at radius 2 is 1.53 bits per heavy atom. The Morgan fingerprint density at radius 1 is 0.848 bits per heavy atom. The third kappa shape index (κ3) is 7.69. The summed E-state index contributed by atoms with van der Waals surface area (Å²) in [5, 5.41) is 15.6. The molecule has 66 heavy (non-hydrogen) atoms. The highest BCUT2D eigenvalue weighted by atomic mass is 16.6. The van der Waals surface area contributed by atoms with Gasteiger partial charge in [0.1, 0.15) is 35.7 Å². The second-order valence-electron chi connectivity index (χ2n) is 16.1. The second-order valence-corrected chi connectivity index (χ2v) is 16.1. The lowest BCUT2D eigenvalue weighted by atomic mass is 9.65. The number of amides is 2. The molecule has 3 aliphatic heterocycles. The van der Waals surface area contributed by atoms with Gasteiger partial charge in [-0.15, -0.1) is 0 Å². The van der Waals surface area contributed by atoms with Crippen LogP contribution in [0.25, 0.3) is 11.0 Å². The molecule has 3 aliphatic rings. The number of esters is 3. The number of benzene rings is 5. The number of methoxy groups -OCH3 is 2. The number of aromatic amines is 1. The molecule has 2 saturated heterocycles. The number of hydrogen-bond donors (Lipinski definition) is 4. The predicted octanol–water partition coefficient (Wildman–Crippen LogP) is 5.23. The van der Waals surface area contributed by atoms with Gasteiger partial charge >= 0.3 is 17.9 Å². The van der Waals surface area contributed by atoms with E-state index in [1.165, 1.54) is 14.2 Å². The highest BCUT2D eigenvalue weighted by Gasteiger charge is 2.74. The SMILES string of the molecule is COC(=O)C(CC#Cc1ccc2c(c1)[C@]1(C(=O)N2)[C@H](C(=O)NCc2nc3ccccc3[nH]2)[C@H]2C(=O)O[C@H](c3ccccc3)[C@H](c3ccccc3)N2[C@@H]1c1ccc(OCCO)cc1)C(=O)OC. The number of nitrogens with one attached hydrogen (secondary N) is 3. The van der Waals surface area contributed by atoms with Crippen LogP contribution in [0.1, 0.15) is 58.3 Å². The fourth-order valence-electron chi connectivity index (χ4n) is 9.75. The van der Waals surface area contributed by atoms with Gasteiger partial charge in [0.25, 0.3) is 0 Å². The van der Waals surface area contributed by atoms with E-state index in [9.17, 15) is 14.7 Å². The minimum Gasteiger partial charge on any atom is -0.491 e. The Kier molecular flexibility index (Phi) is 12.1. The Labute approximate surface area is 379 Å². The van der Waals surface area contributed by atoms with Crippen LogP contribution in [0.5, 0.6) is 5.75 Å².